The Balaban J connectivity index is 2.00. The molecule has 0 saturated heterocycles. The molecule has 0 aliphatic heterocycles. The van der Waals surface area contributed by atoms with Crippen molar-refractivity contribution in [3.8, 4) is 11.1 Å². The Hall–Kier alpha value is -2.50. The summed E-state index contributed by atoms with van der Waals surface area (Å²) in [5, 5.41) is 8.94. The minimum atomic E-state index is -4.54. The number of H-pyrrole nitrogens is 1. The van der Waals surface area contributed by atoms with Gasteiger partial charge in [-0.05, 0) is 36.8 Å². The third-order valence-corrected chi connectivity index (χ3v) is 5.29. The largest absolute Gasteiger partial charge is 0.431 e. The number of hydrogen-bond acceptors (Lipinski definition) is 5. The number of alkyl halides is 3. The van der Waals surface area contributed by atoms with Crippen molar-refractivity contribution < 1.29 is 26.7 Å². The second-order valence-corrected chi connectivity index (χ2v) is 7.55. The van der Waals surface area contributed by atoms with Crippen LogP contribution in [-0.4, -0.2) is 41.1 Å². The molecule has 3 heterocycles. The molecule has 0 spiro atoms. The number of sulfonamides is 1. The van der Waals surface area contributed by atoms with Crippen LogP contribution in [0.5, 0.6) is 0 Å². The van der Waals surface area contributed by atoms with E-state index in [-0.39, 0.29) is 22.7 Å². The molecule has 3 rings (SSSR count). The predicted molar refractivity (Wildman–Crippen MR) is 91.2 cm³/mol. The number of fused-ring (bicyclic) bond motifs is 1. The molecule has 144 valence electrons. The third kappa shape index (κ3) is 3.94. The number of pyridine rings is 2. The van der Waals surface area contributed by atoms with E-state index < -0.39 is 27.9 Å². The van der Waals surface area contributed by atoms with E-state index in [9.17, 15) is 21.6 Å². The van der Waals surface area contributed by atoms with E-state index in [4.69, 9.17) is 5.11 Å². The van der Waals surface area contributed by atoms with Gasteiger partial charge in [0.15, 0.2) is 5.03 Å². The third-order valence-electron chi connectivity index (χ3n) is 3.79. The SMILES string of the molecule is C[C@H](CO)NS(=O)(=O)c1ccc(-c2ccnc3[nH]c(C(F)(F)F)cc23)cn1. The standard InChI is InChI=1S/C16H15F3N4O3S/c1-9(8-24)23-27(25,26)14-3-2-10(7-21-14)11-4-5-20-15-12(11)6-13(22-15)16(17,18)19/h2-7,9,23-24H,8H2,1H3,(H,20,22)/t9-/m1/s1. The van der Waals surface area contributed by atoms with Crippen molar-refractivity contribution in [2.24, 2.45) is 0 Å². The minimum Gasteiger partial charge on any atom is -0.395 e. The Morgan fingerprint density at radius 3 is 2.59 bits per heavy atom. The van der Waals surface area contributed by atoms with Crippen molar-refractivity contribution in [3.05, 3.63) is 42.4 Å². The average Bonchev–Trinajstić information content (AvgIpc) is 3.06. The molecule has 7 nitrogen and oxygen atoms in total. The fraction of sp³-hybridized carbons (Fsp3) is 0.250. The summed E-state index contributed by atoms with van der Waals surface area (Å²) < 4.78 is 65.3. The maximum absolute atomic E-state index is 12.9. The first kappa shape index (κ1) is 19.3. The lowest BCUT2D eigenvalue weighted by Gasteiger charge is -2.11. The first-order valence-electron chi connectivity index (χ1n) is 7.76. The van der Waals surface area contributed by atoms with Gasteiger partial charge in [-0.2, -0.15) is 13.2 Å². The van der Waals surface area contributed by atoms with Crippen LogP contribution in [0.25, 0.3) is 22.2 Å². The molecule has 1 atom stereocenters. The quantitative estimate of drug-likeness (QED) is 0.609. The lowest BCUT2D eigenvalue weighted by molar-refractivity contribution is -0.140. The predicted octanol–water partition coefficient (Wildman–Crippen LogP) is 2.30. The highest BCUT2D eigenvalue weighted by Crippen LogP contribution is 2.34. The number of hydrogen-bond donors (Lipinski definition) is 3. The molecule has 0 radical (unpaired) electrons. The number of aliphatic hydroxyl groups is 1. The van der Waals surface area contributed by atoms with E-state index in [1.165, 1.54) is 37.5 Å². The Bertz CT molecular complexity index is 1060. The zero-order chi connectivity index (χ0) is 19.8. The van der Waals surface area contributed by atoms with Crippen molar-refractivity contribution in [2.75, 3.05) is 6.61 Å². The number of nitrogens with one attached hydrogen (secondary N) is 2. The van der Waals surface area contributed by atoms with E-state index >= 15 is 0 Å². The number of nitrogens with zero attached hydrogens (tertiary/aromatic N) is 2. The smallest absolute Gasteiger partial charge is 0.395 e. The van der Waals surface area contributed by atoms with Gasteiger partial charge in [0.05, 0.1) is 6.61 Å². The summed E-state index contributed by atoms with van der Waals surface area (Å²) in [6.07, 6.45) is -1.93. The first-order valence-corrected chi connectivity index (χ1v) is 9.24. The second kappa shape index (κ2) is 6.91. The lowest BCUT2D eigenvalue weighted by Crippen LogP contribution is -2.35. The molecular weight excluding hydrogens is 385 g/mol. The number of aromatic amines is 1. The molecule has 0 bridgehead atoms. The molecule has 27 heavy (non-hydrogen) atoms. The summed E-state index contributed by atoms with van der Waals surface area (Å²) in [6.45, 7) is 1.12. The Morgan fingerprint density at radius 2 is 2.00 bits per heavy atom. The zero-order valence-corrected chi connectivity index (χ0v) is 14.8. The Kier molecular flexibility index (Phi) is 4.93. The van der Waals surface area contributed by atoms with Crippen LogP contribution in [0.3, 0.4) is 0 Å². The van der Waals surface area contributed by atoms with Gasteiger partial charge in [0.2, 0.25) is 0 Å². The molecular formula is C16H15F3N4O3S. The van der Waals surface area contributed by atoms with E-state index in [0.29, 0.717) is 11.1 Å². The molecule has 3 aromatic rings. The van der Waals surface area contributed by atoms with Gasteiger partial charge >= 0.3 is 6.18 Å². The van der Waals surface area contributed by atoms with Crippen LogP contribution < -0.4 is 4.72 Å². The molecule has 0 unspecified atom stereocenters. The van der Waals surface area contributed by atoms with Gasteiger partial charge in [0.25, 0.3) is 10.0 Å². The van der Waals surface area contributed by atoms with Crippen LogP contribution in [0.1, 0.15) is 12.6 Å². The van der Waals surface area contributed by atoms with Gasteiger partial charge in [-0.1, -0.05) is 0 Å². The lowest BCUT2D eigenvalue weighted by atomic mass is 10.1. The number of halogens is 3. The molecule has 0 saturated carbocycles. The molecule has 11 heteroatoms. The van der Waals surface area contributed by atoms with E-state index in [0.717, 1.165) is 6.07 Å². The Labute approximate surface area is 152 Å². The fourth-order valence-corrected chi connectivity index (χ4v) is 3.66. The molecule has 0 fully saturated rings. The van der Waals surface area contributed by atoms with Gasteiger partial charge in [0, 0.05) is 29.4 Å². The molecule has 0 aromatic carbocycles. The highest BCUT2D eigenvalue weighted by Gasteiger charge is 2.33. The van der Waals surface area contributed by atoms with E-state index in [2.05, 4.69) is 19.7 Å². The van der Waals surface area contributed by atoms with Gasteiger partial charge in [-0.3, -0.25) is 0 Å². The van der Waals surface area contributed by atoms with Crippen LogP contribution in [-0.2, 0) is 16.2 Å². The second-order valence-electron chi connectivity index (χ2n) is 5.89. The molecule has 0 amide bonds. The normalized spacial score (nSPS) is 13.8. The number of aromatic nitrogens is 3. The molecule has 3 N–H and O–H groups in total. The summed E-state index contributed by atoms with van der Waals surface area (Å²) in [6, 6.07) is 4.48. The van der Waals surface area contributed by atoms with Crippen LogP contribution >= 0.6 is 0 Å². The first-order chi connectivity index (χ1) is 12.6. The maximum atomic E-state index is 12.9. The highest BCUT2D eigenvalue weighted by molar-refractivity contribution is 7.89. The molecule has 3 aromatic heterocycles. The van der Waals surface area contributed by atoms with Gasteiger partial charge in [-0.15, -0.1) is 0 Å². The monoisotopic (exact) mass is 400 g/mol. The van der Waals surface area contributed by atoms with Gasteiger partial charge in [-0.25, -0.2) is 23.1 Å². The van der Waals surface area contributed by atoms with Crippen molar-refractivity contribution in [3.63, 3.8) is 0 Å². The summed E-state index contributed by atoms with van der Waals surface area (Å²) in [4.78, 5) is 10.0. The maximum Gasteiger partial charge on any atom is 0.431 e. The van der Waals surface area contributed by atoms with Gasteiger partial charge in [0.1, 0.15) is 11.3 Å². The van der Waals surface area contributed by atoms with Crippen molar-refractivity contribution in [1.82, 2.24) is 19.7 Å². The Morgan fingerprint density at radius 1 is 1.26 bits per heavy atom. The van der Waals surface area contributed by atoms with E-state index in [1.807, 2.05) is 0 Å². The minimum absolute atomic E-state index is 0.0648. The summed E-state index contributed by atoms with van der Waals surface area (Å²) in [5.41, 5.74) is 0.00548. The van der Waals surface area contributed by atoms with E-state index in [1.54, 1.807) is 0 Å². The van der Waals surface area contributed by atoms with Crippen LogP contribution in [0.4, 0.5) is 13.2 Å². The van der Waals surface area contributed by atoms with Crippen molar-refractivity contribution in [1.29, 1.82) is 0 Å². The fourth-order valence-electron chi connectivity index (χ4n) is 2.49. The van der Waals surface area contributed by atoms with Crippen molar-refractivity contribution >= 4 is 21.1 Å². The van der Waals surface area contributed by atoms with Crippen LogP contribution in [0.2, 0.25) is 0 Å². The van der Waals surface area contributed by atoms with Crippen LogP contribution in [0.15, 0.2) is 41.7 Å². The van der Waals surface area contributed by atoms with Gasteiger partial charge < -0.3 is 10.1 Å². The summed E-state index contributed by atoms with van der Waals surface area (Å²) in [7, 11) is -3.92. The molecule has 0 aliphatic carbocycles. The molecule has 0 aliphatic rings. The zero-order valence-electron chi connectivity index (χ0n) is 13.9. The highest BCUT2D eigenvalue weighted by atomic mass is 32.2. The number of aliphatic hydroxyl groups excluding tert-OH is 1. The number of rotatable bonds is 5. The van der Waals surface area contributed by atoms with Crippen molar-refractivity contribution in [2.45, 2.75) is 24.2 Å². The van der Waals surface area contributed by atoms with Crippen LogP contribution in [0, 0.1) is 0 Å². The summed E-state index contributed by atoms with van der Waals surface area (Å²) >= 11 is 0. The average molecular weight is 400 g/mol. The summed E-state index contributed by atoms with van der Waals surface area (Å²) in [5.74, 6) is 0. The topological polar surface area (TPSA) is 108 Å².